The fourth-order valence-corrected chi connectivity index (χ4v) is 1.72. The molecular formula is C14H23ClN2O2. The maximum Gasteiger partial charge on any atom is 0.224 e. The second-order valence-corrected chi connectivity index (χ2v) is 4.29. The van der Waals surface area contributed by atoms with E-state index in [9.17, 15) is 4.79 Å². The lowest BCUT2D eigenvalue weighted by Crippen LogP contribution is -2.39. The number of carbonyl (C=O) groups excluding carboxylic acids is 1. The van der Waals surface area contributed by atoms with Crippen molar-refractivity contribution in [3.05, 3.63) is 29.8 Å². The Balaban J connectivity index is 0.00000324. The average Bonchev–Trinajstić information content (AvgIpc) is 2.37. The molecule has 1 aromatic carbocycles. The number of hydrogen-bond acceptors (Lipinski definition) is 3. The summed E-state index contributed by atoms with van der Waals surface area (Å²) in [5, 5.41) is 6.16. The number of benzene rings is 1. The standard InChI is InChI=1S/C14H22N2O2.ClH/c1-4-15-11(2)10-16-14(17)9-12-6-5-7-13(8-12)18-3;/h5-8,11,15H,4,9-10H2,1-3H3,(H,16,17);1H/t11-;/m1./s1. The Kier molecular flexibility index (Phi) is 9.00. The smallest absolute Gasteiger partial charge is 0.224 e. The number of rotatable bonds is 7. The van der Waals surface area contributed by atoms with E-state index in [1.54, 1.807) is 7.11 Å². The number of halogens is 1. The molecule has 0 aromatic heterocycles. The minimum Gasteiger partial charge on any atom is -0.497 e. The highest BCUT2D eigenvalue weighted by Crippen LogP contribution is 2.12. The predicted octanol–water partition coefficient (Wildman–Crippen LogP) is 1.77. The molecular weight excluding hydrogens is 264 g/mol. The molecule has 0 aliphatic heterocycles. The number of ether oxygens (including phenoxy) is 1. The first-order valence-corrected chi connectivity index (χ1v) is 6.28. The van der Waals surface area contributed by atoms with Gasteiger partial charge in [-0.3, -0.25) is 4.79 Å². The van der Waals surface area contributed by atoms with E-state index in [1.165, 1.54) is 0 Å². The zero-order chi connectivity index (χ0) is 13.4. The average molecular weight is 287 g/mol. The Labute approximate surface area is 121 Å². The van der Waals surface area contributed by atoms with Gasteiger partial charge in [0.1, 0.15) is 5.75 Å². The molecule has 19 heavy (non-hydrogen) atoms. The minimum absolute atomic E-state index is 0. The van der Waals surface area contributed by atoms with Crippen molar-refractivity contribution in [1.29, 1.82) is 0 Å². The third kappa shape index (κ3) is 7.03. The second kappa shape index (κ2) is 9.64. The van der Waals surface area contributed by atoms with Gasteiger partial charge in [-0.1, -0.05) is 19.1 Å². The Bertz CT molecular complexity index is 385. The normalized spacial score (nSPS) is 11.3. The fourth-order valence-electron chi connectivity index (χ4n) is 1.72. The van der Waals surface area contributed by atoms with Gasteiger partial charge >= 0.3 is 0 Å². The first-order chi connectivity index (χ1) is 8.65. The van der Waals surface area contributed by atoms with Crippen molar-refractivity contribution < 1.29 is 9.53 Å². The van der Waals surface area contributed by atoms with E-state index in [0.29, 0.717) is 19.0 Å². The summed E-state index contributed by atoms with van der Waals surface area (Å²) in [7, 11) is 1.62. The van der Waals surface area contributed by atoms with Crippen LogP contribution in [0.1, 0.15) is 19.4 Å². The molecule has 0 heterocycles. The number of hydrogen-bond donors (Lipinski definition) is 2. The molecule has 1 aromatic rings. The summed E-state index contributed by atoms with van der Waals surface area (Å²) in [4.78, 5) is 11.7. The zero-order valence-electron chi connectivity index (χ0n) is 11.7. The Morgan fingerprint density at radius 3 is 2.79 bits per heavy atom. The number of likely N-dealkylation sites (N-methyl/N-ethyl adjacent to an activating group) is 1. The van der Waals surface area contributed by atoms with Crippen molar-refractivity contribution in [3.8, 4) is 5.75 Å². The van der Waals surface area contributed by atoms with Crippen LogP contribution in [0.2, 0.25) is 0 Å². The summed E-state index contributed by atoms with van der Waals surface area (Å²) >= 11 is 0. The molecule has 0 bridgehead atoms. The van der Waals surface area contributed by atoms with Gasteiger partial charge in [0.05, 0.1) is 13.5 Å². The molecule has 0 spiro atoms. The lowest BCUT2D eigenvalue weighted by Gasteiger charge is -2.13. The summed E-state index contributed by atoms with van der Waals surface area (Å²) in [5.41, 5.74) is 0.961. The monoisotopic (exact) mass is 286 g/mol. The quantitative estimate of drug-likeness (QED) is 0.803. The van der Waals surface area contributed by atoms with Crippen molar-refractivity contribution in [2.45, 2.75) is 26.3 Å². The Morgan fingerprint density at radius 2 is 2.16 bits per heavy atom. The molecule has 1 atom stereocenters. The van der Waals surface area contributed by atoms with Crippen LogP contribution in [0.4, 0.5) is 0 Å². The highest BCUT2D eigenvalue weighted by molar-refractivity contribution is 5.85. The molecule has 0 radical (unpaired) electrons. The Hall–Kier alpha value is -1.26. The number of methoxy groups -OCH3 is 1. The maximum atomic E-state index is 11.7. The molecule has 5 heteroatoms. The van der Waals surface area contributed by atoms with Gasteiger partial charge in [0.15, 0.2) is 0 Å². The van der Waals surface area contributed by atoms with E-state index in [4.69, 9.17) is 4.74 Å². The Morgan fingerprint density at radius 1 is 1.42 bits per heavy atom. The van der Waals surface area contributed by atoms with Gasteiger partial charge in [0.2, 0.25) is 5.91 Å². The zero-order valence-corrected chi connectivity index (χ0v) is 12.5. The maximum absolute atomic E-state index is 11.7. The van der Waals surface area contributed by atoms with Crippen LogP contribution in [-0.2, 0) is 11.2 Å². The van der Waals surface area contributed by atoms with Crippen LogP contribution < -0.4 is 15.4 Å². The first-order valence-electron chi connectivity index (χ1n) is 6.28. The van der Waals surface area contributed by atoms with Gasteiger partial charge in [0, 0.05) is 12.6 Å². The molecule has 0 fully saturated rings. The second-order valence-electron chi connectivity index (χ2n) is 4.29. The van der Waals surface area contributed by atoms with Crippen molar-refractivity contribution in [1.82, 2.24) is 10.6 Å². The largest absolute Gasteiger partial charge is 0.497 e. The van der Waals surface area contributed by atoms with Crippen molar-refractivity contribution >= 4 is 18.3 Å². The van der Waals surface area contributed by atoms with E-state index < -0.39 is 0 Å². The van der Waals surface area contributed by atoms with Crippen molar-refractivity contribution in [2.75, 3.05) is 20.2 Å². The van der Waals surface area contributed by atoms with Crippen LogP contribution in [0.25, 0.3) is 0 Å². The van der Waals surface area contributed by atoms with Gasteiger partial charge in [-0.15, -0.1) is 12.4 Å². The molecule has 0 aliphatic carbocycles. The van der Waals surface area contributed by atoms with Crippen molar-refractivity contribution in [3.63, 3.8) is 0 Å². The third-order valence-electron chi connectivity index (χ3n) is 2.66. The van der Waals surface area contributed by atoms with E-state index in [0.717, 1.165) is 17.9 Å². The summed E-state index contributed by atoms with van der Waals surface area (Å²) < 4.78 is 5.12. The molecule has 0 aliphatic rings. The molecule has 0 saturated carbocycles. The topological polar surface area (TPSA) is 50.4 Å². The number of carbonyl (C=O) groups is 1. The fraction of sp³-hybridized carbons (Fsp3) is 0.500. The molecule has 4 nitrogen and oxygen atoms in total. The van der Waals surface area contributed by atoms with Gasteiger partial charge < -0.3 is 15.4 Å². The lowest BCUT2D eigenvalue weighted by atomic mass is 10.1. The summed E-state index contributed by atoms with van der Waals surface area (Å²) in [6, 6.07) is 7.87. The predicted molar refractivity (Wildman–Crippen MR) is 80.1 cm³/mol. The third-order valence-corrected chi connectivity index (χ3v) is 2.66. The molecule has 0 saturated heterocycles. The summed E-state index contributed by atoms with van der Waals surface area (Å²) in [5.74, 6) is 0.814. The first kappa shape index (κ1) is 17.7. The highest BCUT2D eigenvalue weighted by Gasteiger charge is 2.06. The van der Waals surface area contributed by atoms with Crippen LogP contribution in [-0.4, -0.2) is 32.1 Å². The molecule has 2 N–H and O–H groups in total. The van der Waals surface area contributed by atoms with Gasteiger partial charge in [-0.25, -0.2) is 0 Å². The van der Waals surface area contributed by atoms with Crippen LogP contribution >= 0.6 is 12.4 Å². The van der Waals surface area contributed by atoms with E-state index >= 15 is 0 Å². The van der Waals surface area contributed by atoms with Crippen LogP contribution in [0, 0.1) is 0 Å². The van der Waals surface area contributed by atoms with Gasteiger partial charge in [-0.2, -0.15) is 0 Å². The van der Waals surface area contributed by atoms with E-state index in [-0.39, 0.29) is 18.3 Å². The number of amides is 1. The van der Waals surface area contributed by atoms with Gasteiger partial charge in [0.25, 0.3) is 0 Å². The van der Waals surface area contributed by atoms with Crippen LogP contribution in [0.15, 0.2) is 24.3 Å². The van der Waals surface area contributed by atoms with Crippen molar-refractivity contribution in [2.24, 2.45) is 0 Å². The van der Waals surface area contributed by atoms with Crippen LogP contribution in [0.3, 0.4) is 0 Å². The molecule has 1 rings (SSSR count). The minimum atomic E-state index is 0. The SMILES string of the molecule is CCN[C@H](C)CNC(=O)Cc1cccc(OC)c1.Cl. The molecule has 108 valence electrons. The van der Waals surface area contributed by atoms with Gasteiger partial charge in [-0.05, 0) is 31.2 Å². The molecule has 0 unspecified atom stereocenters. The summed E-state index contributed by atoms with van der Waals surface area (Å²) in [6.07, 6.45) is 0.385. The van der Waals surface area contributed by atoms with E-state index in [1.807, 2.05) is 24.3 Å². The molecule has 1 amide bonds. The summed E-state index contributed by atoms with van der Waals surface area (Å²) in [6.45, 7) is 5.66. The van der Waals surface area contributed by atoms with Crippen LogP contribution in [0.5, 0.6) is 5.75 Å². The number of nitrogens with one attached hydrogen (secondary N) is 2. The highest BCUT2D eigenvalue weighted by atomic mass is 35.5. The van der Waals surface area contributed by atoms with E-state index in [2.05, 4.69) is 24.5 Å². The lowest BCUT2D eigenvalue weighted by molar-refractivity contribution is -0.120.